The Labute approximate surface area is 160 Å². The van der Waals surface area contributed by atoms with Crippen molar-refractivity contribution in [1.29, 1.82) is 0 Å². The molecule has 0 fully saturated rings. The number of unbranched alkanes of at least 4 members (excludes halogenated alkanes) is 10. The lowest BCUT2D eigenvalue weighted by Crippen LogP contribution is -2.06. The van der Waals surface area contributed by atoms with Gasteiger partial charge < -0.3 is 4.74 Å². The summed E-state index contributed by atoms with van der Waals surface area (Å²) in [6, 6.07) is 0. The molecule has 1 unspecified atom stereocenters. The average Bonchev–Trinajstić information content (AvgIpc) is 2.61. The van der Waals surface area contributed by atoms with Crippen LogP contribution >= 0.6 is 0 Å². The molecule has 0 saturated carbocycles. The lowest BCUT2D eigenvalue weighted by atomic mass is 9.92. The van der Waals surface area contributed by atoms with Crippen LogP contribution in [0, 0.1) is 5.92 Å². The monoisotopic (exact) mass is 352 g/mol. The van der Waals surface area contributed by atoms with Crippen molar-refractivity contribution in [2.24, 2.45) is 5.92 Å². The van der Waals surface area contributed by atoms with Crippen molar-refractivity contribution in [1.82, 2.24) is 0 Å². The van der Waals surface area contributed by atoms with E-state index < -0.39 is 0 Å². The van der Waals surface area contributed by atoms with Crippen LogP contribution in [0.2, 0.25) is 0 Å². The van der Waals surface area contributed by atoms with Gasteiger partial charge in [0.25, 0.3) is 0 Å². The van der Waals surface area contributed by atoms with E-state index in [2.05, 4.69) is 27.4 Å². The first kappa shape index (κ1) is 24.5. The quantitative estimate of drug-likeness (QED) is 0.157. The van der Waals surface area contributed by atoms with E-state index in [1.54, 1.807) is 0 Å². The Morgan fingerprint density at radius 3 is 1.72 bits per heavy atom. The zero-order valence-corrected chi connectivity index (χ0v) is 17.9. The lowest BCUT2D eigenvalue weighted by Gasteiger charge is -2.18. The van der Waals surface area contributed by atoms with Gasteiger partial charge in [-0.05, 0) is 18.8 Å². The Kier molecular flexibility index (Phi) is 19.5. The Bertz CT molecular complexity index is 271. The second-order valence-corrected chi connectivity index (χ2v) is 7.90. The zero-order valence-electron chi connectivity index (χ0n) is 17.9. The van der Waals surface area contributed by atoms with Crippen LogP contribution in [0.15, 0.2) is 12.3 Å². The molecule has 0 saturated heterocycles. The molecule has 1 nitrogen and oxygen atoms in total. The van der Waals surface area contributed by atoms with Gasteiger partial charge in [0.15, 0.2) is 0 Å². The molecule has 0 aliphatic carbocycles. The summed E-state index contributed by atoms with van der Waals surface area (Å²) >= 11 is 0. The van der Waals surface area contributed by atoms with Gasteiger partial charge in [0.1, 0.15) is 0 Å². The van der Waals surface area contributed by atoms with Crippen molar-refractivity contribution in [3.05, 3.63) is 12.3 Å². The van der Waals surface area contributed by atoms with Crippen LogP contribution < -0.4 is 0 Å². The van der Waals surface area contributed by atoms with Gasteiger partial charge in [-0.15, -0.1) is 0 Å². The van der Waals surface area contributed by atoms with Gasteiger partial charge in [0, 0.05) is 6.42 Å². The molecule has 0 spiro atoms. The zero-order chi connectivity index (χ0) is 18.6. The Balaban J connectivity index is 3.88. The fraction of sp³-hybridized carbons (Fsp3) is 0.917. The fourth-order valence-corrected chi connectivity index (χ4v) is 3.52. The van der Waals surface area contributed by atoms with Gasteiger partial charge >= 0.3 is 0 Å². The first-order chi connectivity index (χ1) is 12.2. The van der Waals surface area contributed by atoms with Crippen molar-refractivity contribution in [2.45, 2.75) is 130 Å². The summed E-state index contributed by atoms with van der Waals surface area (Å²) in [5, 5.41) is 0. The van der Waals surface area contributed by atoms with Crippen molar-refractivity contribution >= 4 is 0 Å². The second kappa shape index (κ2) is 19.9. The SMILES string of the molecule is C=C(CCCCC)OCCC(CCCCCC)CCCCCCCC. The second-order valence-electron chi connectivity index (χ2n) is 7.90. The summed E-state index contributed by atoms with van der Waals surface area (Å²) in [6.45, 7) is 11.8. The highest BCUT2D eigenvalue weighted by Gasteiger charge is 2.09. The number of allylic oxidation sites excluding steroid dienone is 1. The predicted molar refractivity (Wildman–Crippen MR) is 114 cm³/mol. The number of ether oxygens (including phenoxy) is 1. The molecule has 0 heterocycles. The van der Waals surface area contributed by atoms with Crippen molar-refractivity contribution < 1.29 is 4.74 Å². The van der Waals surface area contributed by atoms with Gasteiger partial charge in [-0.3, -0.25) is 0 Å². The van der Waals surface area contributed by atoms with Crippen LogP contribution in [0.5, 0.6) is 0 Å². The van der Waals surface area contributed by atoms with E-state index >= 15 is 0 Å². The highest BCUT2D eigenvalue weighted by molar-refractivity contribution is 4.81. The molecule has 0 amide bonds. The Morgan fingerprint density at radius 2 is 1.12 bits per heavy atom. The van der Waals surface area contributed by atoms with Crippen LogP contribution in [-0.2, 0) is 4.74 Å². The molecule has 0 aromatic heterocycles. The predicted octanol–water partition coefficient (Wildman–Crippen LogP) is 8.82. The van der Waals surface area contributed by atoms with E-state index in [1.807, 2.05) is 0 Å². The molecule has 0 aliphatic rings. The van der Waals surface area contributed by atoms with Crippen LogP contribution in [0.3, 0.4) is 0 Å². The summed E-state index contributed by atoms with van der Waals surface area (Å²) in [6.07, 6.45) is 22.9. The van der Waals surface area contributed by atoms with Gasteiger partial charge in [0.2, 0.25) is 0 Å². The van der Waals surface area contributed by atoms with E-state index in [1.165, 1.54) is 103 Å². The largest absolute Gasteiger partial charge is 0.499 e. The standard InChI is InChI=1S/C24H48O/c1-5-8-11-13-14-17-20-24(19-16-12-9-6-2)21-22-25-23(4)18-15-10-7-3/h24H,4-22H2,1-3H3. The van der Waals surface area contributed by atoms with Crippen molar-refractivity contribution in [3.63, 3.8) is 0 Å². The maximum absolute atomic E-state index is 5.91. The Hall–Kier alpha value is -0.460. The minimum atomic E-state index is 0.867. The molecule has 0 radical (unpaired) electrons. The number of rotatable bonds is 20. The van der Waals surface area contributed by atoms with Gasteiger partial charge in [-0.2, -0.15) is 0 Å². The average molecular weight is 353 g/mol. The number of hydrogen-bond acceptors (Lipinski definition) is 1. The molecule has 0 bridgehead atoms. The third-order valence-corrected chi connectivity index (χ3v) is 5.32. The molecule has 0 aliphatic heterocycles. The van der Waals surface area contributed by atoms with Gasteiger partial charge in [-0.1, -0.05) is 117 Å². The first-order valence-electron chi connectivity index (χ1n) is 11.5. The van der Waals surface area contributed by atoms with E-state index in [0.29, 0.717) is 0 Å². The summed E-state index contributed by atoms with van der Waals surface area (Å²) in [4.78, 5) is 0. The van der Waals surface area contributed by atoms with E-state index in [4.69, 9.17) is 4.74 Å². The number of hydrogen-bond donors (Lipinski definition) is 0. The minimum absolute atomic E-state index is 0.867. The van der Waals surface area contributed by atoms with Gasteiger partial charge in [0.05, 0.1) is 12.4 Å². The molecule has 0 aromatic rings. The molecular weight excluding hydrogens is 304 g/mol. The molecule has 1 heteroatoms. The molecule has 25 heavy (non-hydrogen) atoms. The maximum atomic E-state index is 5.91. The summed E-state index contributed by atoms with van der Waals surface area (Å²) in [7, 11) is 0. The molecule has 150 valence electrons. The smallest absolute Gasteiger partial charge is 0.0888 e. The third-order valence-electron chi connectivity index (χ3n) is 5.32. The van der Waals surface area contributed by atoms with E-state index in [-0.39, 0.29) is 0 Å². The van der Waals surface area contributed by atoms with Crippen LogP contribution in [0.25, 0.3) is 0 Å². The minimum Gasteiger partial charge on any atom is -0.499 e. The van der Waals surface area contributed by atoms with Gasteiger partial charge in [-0.25, -0.2) is 0 Å². The van der Waals surface area contributed by atoms with Crippen molar-refractivity contribution in [2.75, 3.05) is 6.61 Å². The normalized spacial score (nSPS) is 12.3. The fourth-order valence-electron chi connectivity index (χ4n) is 3.52. The highest BCUT2D eigenvalue weighted by atomic mass is 16.5. The molecule has 0 aromatic carbocycles. The molecule has 1 atom stereocenters. The summed E-state index contributed by atoms with van der Waals surface area (Å²) in [5.41, 5.74) is 0. The maximum Gasteiger partial charge on any atom is 0.0888 e. The third kappa shape index (κ3) is 18.1. The van der Waals surface area contributed by atoms with Crippen molar-refractivity contribution in [3.8, 4) is 0 Å². The topological polar surface area (TPSA) is 9.23 Å². The highest BCUT2D eigenvalue weighted by Crippen LogP contribution is 2.22. The molecular formula is C24H48O. The summed E-state index contributed by atoms with van der Waals surface area (Å²) < 4.78 is 5.91. The lowest BCUT2D eigenvalue weighted by molar-refractivity contribution is 0.174. The van der Waals surface area contributed by atoms with Crippen LogP contribution in [0.4, 0.5) is 0 Å². The van der Waals surface area contributed by atoms with Crippen LogP contribution in [0.1, 0.15) is 130 Å². The molecule has 0 rings (SSSR count). The first-order valence-corrected chi connectivity index (χ1v) is 11.5. The summed E-state index contributed by atoms with van der Waals surface area (Å²) in [5.74, 6) is 1.88. The Morgan fingerprint density at radius 1 is 0.640 bits per heavy atom. The molecule has 0 N–H and O–H groups in total. The van der Waals surface area contributed by atoms with Crippen LogP contribution in [-0.4, -0.2) is 6.61 Å². The van der Waals surface area contributed by atoms with E-state index in [0.717, 1.165) is 24.7 Å². The van der Waals surface area contributed by atoms with E-state index in [9.17, 15) is 0 Å².